The van der Waals surface area contributed by atoms with E-state index in [1.807, 2.05) is 31.2 Å². The summed E-state index contributed by atoms with van der Waals surface area (Å²) in [6.07, 6.45) is 2.80. The largest absolute Gasteiger partial charge is 0.494 e. The van der Waals surface area contributed by atoms with Crippen LogP contribution in [-0.2, 0) is 11.2 Å². The minimum absolute atomic E-state index is 0.187. The maximum atomic E-state index is 12.8. The molecule has 0 unspecified atom stereocenters. The van der Waals surface area contributed by atoms with Crippen LogP contribution < -0.4 is 29.6 Å². The van der Waals surface area contributed by atoms with Crippen molar-refractivity contribution in [3.63, 3.8) is 0 Å². The second kappa shape index (κ2) is 14.5. The Morgan fingerprint density at radius 2 is 1.45 bits per heavy atom. The van der Waals surface area contributed by atoms with Gasteiger partial charge >= 0.3 is 0 Å². The zero-order valence-corrected chi connectivity index (χ0v) is 22.5. The lowest BCUT2D eigenvalue weighted by molar-refractivity contribution is -0.116. The Morgan fingerprint density at radius 3 is 2.08 bits per heavy atom. The van der Waals surface area contributed by atoms with Gasteiger partial charge in [0.15, 0.2) is 11.5 Å². The second-order valence-electron chi connectivity index (χ2n) is 8.54. The SMILES string of the molecule is CCCCOc1ccc(CCC(=O)Nc2cc(OC)c(NC(=O)c3ccccc3)cc2OC)cc1OCC. The second-order valence-corrected chi connectivity index (χ2v) is 8.54. The molecule has 0 saturated carbocycles. The van der Waals surface area contributed by atoms with E-state index in [-0.39, 0.29) is 18.2 Å². The van der Waals surface area contributed by atoms with Gasteiger partial charge in [-0.05, 0) is 49.6 Å². The minimum Gasteiger partial charge on any atom is -0.494 e. The van der Waals surface area contributed by atoms with Crippen LogP contribution in [0.5, 0.6) is 23.0 Å². The third kappa shape index (κ3) is 7.90. The molecular formula is C30H36N2O6. The molecule has 0 atom stereocenters. The molecule has 3 aromatic rings. The van der Waals surface area contributed by atoms with E-state index >= 15 is 0 Å². The number of rotatable bonds is 14. The van der Waals surface area contributed by atoms with E-state index in [0.29, 0.717) is 59.6 Å². The van der Waals surface area contributed by atoms with Crippen molar-refractivity contribution < 1.29 is 28.5 Å². The molecule has 0 saturated heterocycles. The molecule has 0 radical (unpaired) electrons. The zero-order chi connectivity index (χ0) is 27.3. The van der Waals surface area contributed by atoms with E-state index < -0.39 is 0 Å². The highest BCUT2D eigenvalue weighted by Crippen LogP contribution is 2.37. The van der Waals surface area contributed by atoms with Crippen LogP contribution in [0.15, 0.2) is 60.7 Å². The van der Waals surface area contributed by atoms with Gasteiger partial charge in [0.1, 0.15) is 11.5 Å². The standard InChI is InChI=1S/C30H36N2O6/c1-5-7-17-38-25-15-13-21(18-28(25)37-6-2)14-16-29(33)31-23-19-27(36-4)24(20-26(23)35-3)32-30(34)22-11-9-8-10-12-22/h8-13,15,18-20H,5-7,14,16-17H2,1-4H3,(H,31,33)(H,32,34). The third-order valence-corrected chi connectivity index (χ3v) is 5.78. The van der Waals surface area contributed by atoms with E-state index in [0.717, 1.165) is 18.4 Å². The average Bonchev–Trinajstić information content (AvgIpc) is 2.94. The Bertz CT molecular complexity index is 1210. The number of anilines is 2. The number of hydrogen-bond acceptors (Lipinski definition) is 6. The number of unbranched alkanes of at least 4 members (excludes halogenated alkanes) is 1. The molecule has 0 aromatic heterocycles. The maximum absolute atomic E-state index is 12.8. The predicted octanol–water partition coefficient (Wildman–Crippen LogP) is 6.11. The van der Waals surface area contributed by atoms with Gasteiger partial charge in [-0.3, -0.25) is 9.59 Å². The number of hydrogen-bond donors (Lipinski definition) is 2. The number of benzene rings is 3. The first-order chi connectivity index (χ1) is 18.5. The number of methoxy groups -OCH3 is 2. The van der Waals surface area contributed by atoms with Crippen LogP contribution in [0.1, 0.15) is 49.0 Å². The summed E-state index contributed by atoms with van der Waals surface area (Å²) in [5, 5.41) is 5.73. The summed E-state index contributed by atoms with van der Waals surface area (Å²) in [7, 11) is 3.00. The van der Waals surface area contributed by atoms with Crippen molar-refractivity contribution in [1.29, 1.82) is 0 Å². The van der Waals surface area contributed by atoms with E-state index in [9.17, 15) is 9.59 Å². The summed E-state index contributed by atoms with van der Waals surface area (Å²) >= 11 is 0. The highest BCUT2D eigenvalue weighted by molar-refractivity contribution is 6.05. The number of carbonyl (C=O) groups excluding carboxylic acids is 2. The van der Waals surface area contributed by atoms with Gasteiger partial charge in [-0.25, -0.2) is 0 Å². The molecule has 3 rings (SSSR count). The monoisotopic (exact) mass is 520 g/mol. The predicted molar refractivity (Wildman–Crippen MR) is 149 cm³/mol. The maximum Gasteiger partial charge on any atom is 0.255 e. The molecule has 3 aromatic carbocycles. The Labute approximate surface area is 224 Å². The third-order valence-electron chi connectivity index (χ3n) is 5.78. The van der Waals surface area contributed by atoms with Gasteiger partial charge in [-0.1, -0.05) is 37.6 Å². The van der Waals surface area contributed by atoms with Crippen molar-refractivity contribution in [1.82, 2.24) is 0 Å². The smallest absolute Gasteiger partial charge is 0.255 e. The molecule has 0 aliphatic heterocycles. The highest BCUT2D eigenvalue weighted by atomic mass is 16.5. The van der Waals surface area contributed by atoms with Crippen LogP contribution in [0.3, 0.4) is 0 Å². The molecular weight excluding hydrogens is 484 g/mol. The molecule has 0 fully saturated rings. The Kier molecular flexibility index (Phi) is 10.8. The number of ether oxygens (including phenoxy) is 4. The zero-order valence-electron chi connectivity index (χ0n) is 22.5. The van der Waals surface area contributed by atoms with Gasteiger partial charge in [0.05, 0.1) is 38.8 Å². The summed E-state index contributed by atoms with van der Waals surface area (Å²) in [6.45, 7) is 5.21. The topological polar surface area (TPSA) is 95.1 Å². The number of carbonyl (C=O) groups is 2. The summed E-state index contributed by atoms with van der Waals surface area (Å²) < 4.78 is 22.5. The lowest BCUT2D eigenvalue weighted by Crippen LogP contribution is -2.15. The van der Waals surface area contributed by atoms with Crippen LogP contribution >= 0.6 is 0 Å². The minimum atomic E-state index is -0.282. The van der Waals surface area contributed by atoms with Crippen LogP contribution in [0.4, 0.5) is 11.4 Å². The van der Waals surface area contributed by atoms with Crippen LogP contribution in [0, 0.1) is 0 Å². The molecule has 0 bridgehead atoms. The molecule has 0 aliphatic carbocycles. The summed E-state index contributed by atoms with van der Waals surface area (Å²) in [5.74, 6) is 1.72. The first kappa shape index (κ1) is 28.4. The Hall–Kier alpha value is -4.20. The van der Waals surface area contributed by atoms with E-state index in [1.165, 1.54) is 14.2 Å². The summed E-state index contributed by atoms with van der Waals surface area (Å²) in [4.78, 5) is 25.4. The fourth-order valence-corrected chi connectivity index (χ4v) is 3.77. The fraction of sp³-hybridized carbons (Fsp3) is 0.333. The Balaban J connectivity index is 1.67. The van der Waals surface area contributed by atoms with E-state index in [4.69, 9.17) is 18.9 Å². The molecule has 2 N–H and O–H groups in total. The molecule has 2 amide bonds. The lowest BCUT2D eigenvalue weighted by atomic mass is 10.1. The molecule has 0 spiro atoms. The van der Waals surface area contributed by atoms with Crippen molar-refractivity contribution >= 4 is 23.2 Å². The fourth-order valence-electron chi connectivity index (χ4n) is 3.77. The lowest BCUT2D eigenvalue weighted by Gasteiger charge is -2.16. The molecule has 0 heterocycles. The normalized spacial score (nSPS) is 10.4. The number of aryl methyl sites for hydroxylation is 1. The van der Waals surface area contributed by atoms with Gasteiger partial charge in [-0.2, -0.15) is 0 Å². The van der Waals surface area contributed by atoms with Crippen LogP contribution in [0.2, 0.25) is 0 Å². The number of amides is 2. The Morgan fingerprint density at radius 1 is 0.763 bits per heavy atom. The first-order valence-corrected chi connectivity index (χ1v) is 12.8. The van der Waals surface area contributed by atoms with Gasteiger partial charge in [-0.15, -0.1) is 0 Å². The van der Waals surface area contributed by atoms with Crippen molar-refractivity contribution in [3.05, 3.63) is 71.8 Å². The molecule has 0 aliphatic rings. The first-order valence-electron chi connectivity index (χ1n) is 12.8. The number of nitrogens with one attached hydrogen (secondary N) is 2. The van der Waals surface area contributed by atoms with E-state index in [1.54, 1.807) is 36.4 Å². The molecule has 202 valence electrons. The summed E-state index contributed by atoms with van der Waals surface area (Å²) in [5.41, 5.74) is 2.36. The van der Waals surface area contributed by atoms with E-state index in [2.05, 4.69) is 17.6 Å². The van der Waals surface area contributed by atoms with Crippen molar-refractivity contribution in [2.24, 2.45) is 0 Å². The molecule has 8 nitrogen and oxygen atoms in total. The highest BCUT2D eigenvalue weighted by Gasteiger charge is 2.16. The molecule has 8 heteroatoms. The average molecular weight is 521 g/mol. The van der Waals surface area contributed by atoms with Gasteiger partial charge in [0.2, 0.25) is 5.91 Å². The van der Waals surface area contributed by atoms with Crippen molar-refractivity contribution in [3.8, 4) is 23.0 Å². The van der Waals surface area contributed by atoms with Crippen LogP contribution in [-0.4, -0.2) is 39.2 Å². The molecule has 38 heavy (non-hydrogen) atoms. The summed E-state index contributed by atoms with van der Waals surface area (Å²) in [6, 6.07) is 17.9. The quantitative estimate of drug-likeness (QED) is 0.249. The van der Waals surface area contributed by atoms with Crippen molar-refractivity contribution in [2.75, 3.05) is 38.1 Å². The van der Waals surface area contributed by atoms with Crippen LogP contribution in [0.25, 0.3) is 0 Å². The van der Waals surface area contributed by atoms with Crippen molar-refractivity contribution in [2.45, 2.75) is 39.5 Å². The van der Waals surface area contributed by atoms with Gasteiger partial charge in [0.25, 0.3) is 5.91 Å². The van der Waals surface area contributed by atoms with Gasteiger partial charge in [0, 0.05) is 24.1 Å². The van der Waals surface area contributed by atoms with Gasteiger partial charge < -0.3 is 29.6 Å².